The van der Waals surface area contributed by atoms with E-state index in [4.69, 9.17) is 9.15 Å². The van der Waals surface area contributed by atoms with Crippen LogP contribution in [0.15, 0.2) is 34.9 Å². The van der Waals surface area contributed by atoms with Gasteiger partial charge in [-0.25, -0.2) is 4.79 Å². The third-order valence-electron chi connectivity index (χ3n) is 4.84. The normalized spacial score (nSPS) is 11.0. The Morgan fingerprint density at radius 1 is 1.21 bits per heavy atom. The summed E-state index contributed by atoms with van der Waals surface area (Å²) in [6.45, 7) is 8.25. The smallest absolute Gasteiger partial charge is 0.348 e. The van der Waals surface area contributed by atoms with Crippen LogP contribution in [-0.2, 0) is 17.7 Å². The van der Waals surface area contributed by atoms with E-state index in [1.54, 1.807) is 6.26 Å². The number of esters is 1. The topological polar surface area (TPSA) is 61.4 Å². The number of hydrogen-bond acceptors (Lipinski definition) is 5. The molecule has 6 heteroatoms. The summed E-state index contributed by atoms with van der Waals surface area (Å²) in [7, 11) is 0. The molecule has 0 aromatic carbocycles. The Labute approximate surface area is 168 Å². The van der Waals surface area contributed by atoms with Crippen LogP contribution < -0.4 is 0 Å². The summed E-state index contributed by atoms with van der Waals surface area (Å²) < 4.78 is 12.7. The van der Waals surface area contributed by atoms with Gasteiger partial charge in [0.25, 0.3) is 0 Å². The lowest BCUT2D eigenvalue weighted by molar-refractivity contribution is 0.0479. The summed E-state index contributed by atoms with van der Waals surface area (Å²) in [4.78, 5) is 26.6. The number of ketones is 1. The predicted molar refractivity (Wildman–Crippen MR) is 109 cm³/mol. The van der Waals surface area contributed by atoms with E-state index in [0.29, 0.717) is 17.0 Å². The van der Waals surface area contributed by atoms with Crippen LogP contribution in [0.5, 0.6) is 0 Å². The highest BCUT2D eigenvalue weighted by atomic mass is 32.1. The third-order valence-corrected chi connectivity index (χ3v) is 5.92. The minimum atomic E-state index is -0.437. The molecule has 0 N–H and O–H groups in total. The van der Waals surface area contributed by atoms with E-state index in [-0.39, 0.29) is 12.4 Å². The van der Waals surface area contributed by atoms with Gasteiger partial charge >= 0.3 is 5.97 Å². The van der Waals surface area contributed by atoms with E-state index in [0.717, 1.165) is 34.9 Å². The largest absolute Gasteiger partial charge is 0.467 e. The molecule has 0 fully saturated rings. The van der Waals surface area contributed by atoms with Gasteiger partial charge in [-0.1, -0.05) is 13.3 Å². The second-order valence-electron chi connectivity index (χ2n) is 6.89. The van der Waals surface area contributed by atoms with Gasteiger partial charge in [0.05, 0.1) is 12.8 Å². The Morgan fingerprint density at radius 2 is 2.00 bits per heavy atom. The molecule has 0 radical (unpaired) electrons. The summed E-state index contributed by atoms with van der Waals surface area (Å²) in [6.07, 6.45) is 3.60. The van der Waals surface area contributed by atoms with Crippen molar-refractivity contribution in [1.82, 2.24) is 4.57 Å². The van der Waals surface area contributed by atoms with Gasteiger partial charge in [0.2, 0.25) is 5.78 Å². The highest BCUT2D eigenvalue weighted by Gasteiger charge is 2.19. The molecule has 0 spiro atoms. The van der Waals surface area contributed by atoms with Crippen LogP contribution in [0.4, 0.5) is 0 Å². The standard InChI is InChI=1S/C22H25NO4S/c1-5-7-17-11-21(28-16(17)4)22(25)27-13-20(24)19-10-14(2)23(15(19)3)12-18-8-6-9-26-18/h6,8-11H,5,7,12-13H2,1-4H3. The van der Waals surface area contributed by atoms with Crippen molar-refractivity contribution in [3.8, 4) is 0 Å². The highest BCUT2D eigenvalue weighted by Crippen LogP contribution is 2.24. The second kappa shape index (κ2) is 8.61. The Hall–Kier alpha value is -2.60. The molecule has 28 heavy (non-hydrogen) atoms. The van der Waals surface area contributed by atoms with Gasteiger partial charge in [-0.3, -0.25) is 4.79 Å². The molecule has 0 aliphatic rings. The van der Waals surface area contributed by atoms with Gasteiger partial charge < -0.3 is 13.7 Å². The fraction of sp³-hybridized carbons (Fsp3) is 0.364. The van der Waals surface area contributed by atoms with Crippen LogP contribution in [0.25, 0.3) is 0 Å². The zero-order valence-corrected chi connectivity index (χ0v) is 17.5. The van der Waals surface area contributed by atoms with E-state index in [2.05, 4.69) is 6.92 Å². The number of carbonyl (C=O) groups excluding carboxylic acids is 2. The number of aromatic nitrogens is 1. The van der Waals surface area contributed by atoms with Crippen LogP contribution in [0.1, 0.15) is 61.0 Å². The molecule has 3 aromatic heterocycles. The van der Waals surface area contributed by atoms with Gasteiger partial charge in [0, 0.05) is 21.8 Å². The van der Waals surface area contributed by atoms with Crippen molar-refractivity contribution in [1.29, 1.82) is 0 Å². The summed E-state index contributed by atoms with van der Waals surface area (Å²) >= 11 is 1.42. The number of Topliss-reactive ketones (excluding diaryl/α,β-unsaturated/α-hetero) is 1. The number of carbonyl (C=O) groups is 2. The molecule has 3 rings (SSSR count). The van der Waals surface area contributed by atoms with Crippen molar-refractivity contribution < 1.29 is 18.7 Å². The molecule has 0 bridgehead atoms. The maximum absolute atomic E-state index is 12.6. The van der Waals surface area contributed by atoms with Crippen molar-refractivity contribution in [2.24, 2.45) is 0 Å². The Morgan fingerprint density at radius 3 is 2.68 bits per heavy atom. The van der Waals surface area contributed by atoms with E-state index in [9.17, 15) is 9.59 Å². The number of hydrogen-bond donors (Lipinski definition) is 0. The molecule has 0 aliphatic carbocycles. The predicted octanol–water partition coefficient (Wildman–Crippen LogP) is 5.11. The average molecular weight is 400 g/mol. The summed E-state index contributed by atoms with van der Waals surface area (Å²) in [5, 5.41) is 0. The fourth-order valence-corrected chi connectivity index (χ4v) is 4.27. The lowest BCUT2D eigenvalue weighted by atomic mass is 10.1. The maximum atomic E-state index is 12.6. The number of aryl methyl sites for hydroxylation is 3. The Bertz CT molecular complexity index is 979. The summed E-state index contributed by atoms with van der Waals surface area (Å²) in [5.41, 5.74) is 3.55. The van der Waals surface area contributed by atoms with Crippen molar-refractivity contribution in [2.45, 2.75) is 47.1 Å². The van der Waals surface area contributed by atoms with E-state index in [1.165, 1.54) is 16.9 Å². The van der Waals surface area contributed by atoms with Crippen molar-refractivity contribution in [3.05, 3.63) is 68.6 Å². The molecule has 0 amide bonds. The molecular weight excluding hydrogens is 374 g/mol. The third kappa shape index (κ3) is 4.28. The van der Waals surface area contributed by atoms with E-state index >= 15 is 0 Å². The lowest BCUT2D eigenvalue weighted by Crippen LogP contribution is -2.14. The van der Waals surface area contributed by atoms with Crippen LogP contribution in [0.2, 0.25) is 0 Å². The highest BCUT2D eigenvalue weighted by molar-refractivity contribution is 7.14. The molecule has 0 aliphatic heterocycles. The first-order valence-corrected chi connectivity index (χ1v) is 10.2. The summed E-state index contributed by atoms with van der Waals surface area (Å²) in [5.74, 6) is 0.186. The zero-order valence-electron chi connectivity index (χ0n) is 16.7. The number of furan rings is 1. The van der Waals surface area contributed by atoms with Crippen LogP contribution in [0.3, 0.4) is 0 Å². The Kier molecular flexibility index (Phi) is 6.19. The fourth-order valence-electron chi connectivity index (χ4n) is 3.30. The van der Waals surface area contributed by atoms with E-state index in [1.807, 2.05) is 49.6 Å². The van der Waals surface area contributed by atoms with Crippen molar-refractivity contribution in [2.75, 3.05) is 6.61 Å². The maximum Gasteiger partial charge on any atom is 0.348 e. The monoisotopic (exact) mass is 399 g/mol. The minimum Gasteiger partial charge on any atom is -0.467 e. The van der Waals surface area contributed by atoms with Gasteiger partial charge in [-0.05, 0) is 57.0 Å². The molecule has 0 unspecified atom stereocenters. The first-order valence-electron chi connectivity index (χ1n) is 9.39. The molecule has 0 saturated heterocycles. The quantitative estimate of drug-likeness (QED) is 0.390. The molecule has 3 heterocycles. The average Bonchev–Trinajstić information content (AvgIpc) is 3.37. The number of thiophene rings is 1. The van der Waals surface area contributed by atoms with Crippen LogP contribution in [-0.4, -0.2) is 22.9 Å². The number of ether oxygens (including phenoxy) is 1. The van der Waals surface area contributed by atoms with Crippen LogP contribution >= 0.6 is 11.3 Å². The Balaban J connectivity index is 1.66. The number of rotatable bonds is 8. The number of nitrogens with zero attached hydrogens (tertiary/aromatic N) is 1. The van der Waals surface area contributed by atoms with E-state index < -0.39 is 5.97 Å². The SMILES string of the molecule is CCCc1cc(C(=O)OCC(=O)c2cc(C)n(Cc3ccco3)c2C)sc1C. The van der Waals surface area contributed by atoms with Crippen molar-refractivity contribution >= 4 is 23.1 Å². The van der Waals surface area contributed by atoms with Gasteiger partial charge in [-0.2, -0.15) is 0 Å². The van der Waals surface area contributed by atoms with Gasteiger partial charge in [-0.15, -0.1) is 11.3 Å². The first-order chi connectivity index (χ1) is 13.4. The molecule has 3 aromatic rings. The minimum absolute atomic E-state index is 0.200. The zero-order chi connectivity index (χ0) is 20.3. The second-order valence-corrected chi connectivity index (χ2v) is 8.15. The van der Waals surface area contributed by atoms with Gasteiger partial charge in [0.15, 0.2) is 6.61 Å². The lowest BCUT2D eigenvalue weighted by Gasteiger charge is -2.08. The summed E-state index contributed by atoms with van der Waals surface area (Å²) in [6, 6.07) is 7.46. The first kappa shape index (κ1) is 20.1. The molecule has 5 nitrogen and oxygen atoms in total. The van der Waals surface area contributed by atoms with Crippen molar-refractivity contribution in [3.63, 3.8) is 0 Å². The molecule has 0 saturated carbocycles. The molecular formula is C22H25NO4S. The van der Waals surface area contributed by atoms with Gasteiger partial charge in [0.1, 0.15) is 10.6 Å². The molecule has 0 atom stereocenters. The molecule has 148 valence electrons. The van der Waals surface area contributed by atoms with Crippen LogP contribution in [0, 0.1) is 20.8 Å².